The molecule has 1 amide bonds. The van der Waals surface area contributed by atoms with Crippen LogP contribution in [0, 0.1) is 0 Å². The Hall–Kier alpha value is -1.84. The maximum absolute atomic E-state index is 11.6. The molecule has 1 rings (SSSR count). The van der Waals surface area contributed by atoms with E-state index in [0.29, 0.717) is 6.61 Å². The van der Waals surface area contributed by atoms with E-state index in [1.54, 1.807) is 6.92 Å². The monoisotopic (exact) mass is 249 g/mol. The van der Waals surface area contributed by atoms with Crippen molar-refractivity contribution >= 4 is 11.9 Å². The van der Waals surface area contributed by atoms with Crippen molar-refractivity contribution in [1.29, 1.82) is 0 Å². The van der Waals surface area contributed by atoms with Gasteiger partial charge in [-0.15, -0.1) is 0 Å². The molecule has 0 aliphatic heterocycles. The van der Waals surface area contributed by atoms with Crippen LogP contribution in [0.2, 0.25) is 0 Å². The molecule has 0 saturated carbocycles. The minimum Gasteiger partial charge on any atom is -0.466 e. The van der Waals surface area contributed by atoms with Crippen LogP contribution in [-0.2, 0) is 14.3 Å². The van der Waals surface area contributed by atoms with E-state index in [0.717, 1.165) is 5.56 Å². The first-order chi connectivity index (χ1) is 8.63. The second-order valence-corrected chi connectivity index (χ2v) is 4.00. The Kier molecular flexibility index (Phi) is 5.91. The topological polar surface area (TPSA) is 55.4 Å². The van der Waals surface area contributed by atoms with Gasteiger partial charge in [-0.25, -0.2) is 0 Å². The lowest BCUT2D eigenvalue weighted by Crippen LogP contribution is -2.27. The van der Waals surface area contributed by atoms with Crippen LogP contribution in [0.1, 0.15) is 38.3 Å². The second kappa shape index (κ2) is 7.48. The zero-order valence-corrected chi connectivity index (χ0v) is 10.8. The molecule has 0 bridgehead atoms. The molecule has 0 fully saturated rings. The molecule has 0 saturated heterocycles. The largest absolute Gasteiger partial charge is 0.466 e. The van der Waals surface area contributed by atoms with Crippen LogP contribution < -0.4 is 5.32 Å². The van der Waals surface area contributed by atoms with Gasteiger partial charge >= 0.3 is 5.97 Å². The highest BCUT2D eigenvalue weighted by molar-refractivity contribution is 5.81. The zero-order valence-electron chi connectivity index (χ0n) is 10.8. The van der Waals surface area contributed by atoms with E-state index < -0.39 is 0 Å². The van der Waals surface area contributed by atoms with Gasteiger partial charge in [0.1, 0.15) is 0 Å². The first-order valence-electron chi connectivity index (χ1n) is 6.13. The highest BCUT2D eigenvalue weighted by Crippen LogP contribution is 2.11. The number of hydrogen-bond donors (Lipinski definition) is 1. The first kappa shape index (κ1) is 14.2. The van der Waals surface area contributed by atoms with E-state index in [4.69, 9.17) is 4.74 Å². The fourth-order valence-electron chi connectivity index (χ4n) is 1.59. The molecule has 18 heavy (non-hydrogen) atoms. The Balaban J connectivity index is 2.34. The number of rotatable bonds is 6. The third-order valence-corrected chi connectivity index (χ3v) is 2.54. The van der Waals surface area contributed by atoms with Crippen molar-refractivity contribution in [2.24, 2.45) is 0 Å². The molecule has 0 aliphatic rings. The zero-order chi connectivity index (χ0) is 13.4. The van der Waals surface area contributed by atoms with Crippen molar-refractivity contribution in [1.82, 2.24) is 5.32 Å². The van der Waals surface area contributed by atoms with Crippen LogP contribution in [-0.4, -0.2) is 18.5 Å². The number of ether oxygens (including phenoxy) is 1. The summed E-state index contributed by atoms with van der Waals surface area (Å²) in [4.78, 5) is 22.7. The summed E-state index contributed by atoms with van der Waals surface area (Å²) in [5, 5.41) is 2.85. The number of carbonyl (C=O) groups is 2. The molecule has 1 N–H and O–H groups in total. The molecule has 1 atom stereocenters. The fourth-order valence-corrected chi connectivity index (χ4v) is 1.59. The summed E-state index contributed by atoms with van der Waals surface area (Å²) in [6, 6.07) is 9.64. The number of hydrogen-bond acceptors (Lipinski definition) is 3. The summed E-state index contributed by atoms with van der Waals surface area (Å²) >= 11 is 0. The quantitative estimate of drug-likeness (QED) is 0.786. The molecule has 1 aromatic carbocycles. The minimum absolute atomic E-state index is 0.0547. The number of esters is 1. The van der Waals surface area contributed by atoms with Crippen LogP contribution in [0.25, 0.3) is 0 Å². The van der Waals surface area contributed by atoms with Gasteiger partial charge in [-0.3, -0.25) is 9.59 Å². The Morgan fingerprint density at radius 2 is 1.89 bits per heavy atom. The van der Waals surface area contributed by atoms with Gasteiger partial charge in [0.25, 0.3) is 0 Å². The lowest BCUT2D eigenvalue weighted by atomic mass is 10.1. The average molecular weight is 249 g/mol. The highest BCUT2D eigenvalue weighted by Gasteiger charge is 2.11. The molecule has 0 aromatic heterocycles. The summed E-state index contributed by atoms with van der Waals surface area (Å²) in [5.41, 5.74) is 1.04. The lowest BCUT2D eigenvalue weighted by Gasteiger charge is -2.13. The number of carbonyl (C=O) groups excluding carboxylic acids is 2. The lowest BCUT2D eigenvalue weighted by molar-refractivity contribution is -0.144. The van der Waals surface area contributed by atoms with Gasteiger partial charge in [0.15, 0.2) is 0 Å². The Morgan fingerprint density at radius 1 is 1.22 bits per heavy atom. The third kappa shape index (κ3) is 4.99. The van der Waals surface area contributed by atoms with E-state index in [1.807, 2.05) is 37.3 Å². The molecule has 98 valence electrons. The highest BCUT2D eigenvalue weighted by atomic mass is 16.5. The van der Waals surface area contributed by atoms with Crippen LogP contribution >= 0.6 is 0 Å². The van der Waals surface area contributed by atoms with Crippen molar-refractivity contribution < 1.29 is 14.3 Å². The molecule has 0 spiro atoms. The van der Waals surface area contributed by atoms with Crippen LogP contribution in [0.4, 0.5) is 0 Å². The van der Waals surface area contributed by atoms with E-state index in [1.165, 1.54) is 0 Å². The van der Waals surface area contributed by atoms with E-state index in [-0.39, 0.29) is 30.8 Å². The molecule has 1 aromatic rings. The fraction of sp³-hybridized carbons (Fsp3) is 0.429. The molecular formula is C14H19NO3. The SMILES string of the molecule is CCOC(=O)CCC(=O)N[C@@H](C)c1ccccc1. The summed E-state index contributed by atoms with van der Waals surface area (Å²) in [5.74, 6) is -0.473. The Labute approximate surface area is 107 Å². The van der Waals surface area contributed by atoms with Gasteiger partial charge in [0.2, 0.25) is 5.91 Å². The predicted octanol–water partition coefficient (Wildman–Crippen LogP) is 2.21. The smallest absolute Gasteiger partial charge is 0.306 e. The average Bonchev–Trinajstić information content (AvgIpc) is 2.38. The van der Waals surface area contributed by atoms with Gasteiger partial charge < -0.3 is 10.1 Å². The molecule has 4 heteroatoms. The van der Waals surface area contributed by atoms with Crippen molar-refractivity contribution in [3.63, 3.8) is 0 Å². The van der Waals surface area contributed by atoms with Crippen LogP contribution in [0.5, 0.6) is 0 Å². The molecular weight excluding hydrogens is 230 g/mol. The third-order valence-electron chi connectivity index (χ3n) is 2.54. The van der Waals surface area contributed by atoms with Crippen molar-refractivity contribution in [2.75, 3.05) is 6.61 Å². The molecule has 4 nitrogen and oxygen atoms in total. The maximum Gasteiger partial charge on any atom is 0.306 e. The molecule has 0 heterocycles. The molecule has 0 radical (unpaired) electrons. The minimum atomic E-state index is -0.333. The van der Waals surface area contributed by atoms with Crippen LogP contribution in [0.15, 0.2) is 30.3 Å². The van der Waals surface area contributed by atoms with Crippen LogP contribution in [0.3, 0.4) is 0 Å². The summed E-state index contributed by atoms with van der Waals surface area (Å²) in [6.07, 6.45) is 0.289. The second-order valence-electron chi connectivity index (χ2n) is 4.00. The predicted molar refractivity (Wildman–Crippen MR) is 68.9 cm³/mol. The van der Waals surface area contributed by atoms with Crippen molar-refractivity contribution in [3.8, 4) is 0 Å². The number of benzene rings is 1. The van der Waals surface area contributed by atoms with Crippen molar-refractivity contribution in [2.45, 2.75) is 32.7 Å². The van der Waals surface area contributed by atoms with Gasteiger partial charge in [-0.1, -0.05) is 30.3 Å². The Morgan fingerprint density at radius 3 is 2.50 bits per heavy atom. The standard InChI is InChI=1S/C14H19NO3/c1-3-18-14(17)10-9-13(16)15-11(2)12-7-5-4-6-8-12/h4-8,11H,3,9-10H2,1-2H3,(H,15,16)/t11-/m0/s1. The van der Waals surface area contributed by atoms with E-state index in [9.17, 15) is 9.59 Å². The first-order valence-corrected chi connectivity index (χ1v) is 6.13. The summed E-state index contributed by atoms with van der Waals surface area (Å²) in [6.45, 7) is 4.01. The summed E-state index contributed by atoms with van der Waals surface area (Å²) in [7, 11) is 0. The van der Waals surface area contributed by atoms with E-state index >= 15 is 0 Å². The van der Waals surface area contributed by atoms with Crippen molar-refractivity contribution in [3.05, 3.63) is 35.9 Å². The van der Waals surface area contributed by atoms with E-state index in [2.05, 4.69) is 5.32 Å². The number of nitrogens with one attached hydrogen (secondary N) is 1. The van der Waals surface area contributed by atoms with Gasteiger partial charge in [-0.2, -0.15) is 0 Å². The normalized spacial score (nSPS) is 11.7. The van der Waals surface area contributed by atoms with Gasteiger partial charge in [-0.05, 0) is 19.4 Å². The summed E-state index contributed by atoms with van der Waals surface area (Å²) < 4.78 is 4.76. The van der Waals surface area contributed by atoms with Gasteiger partial charge in [0.05, 0.1) is 19.1 Å². The van der Waals surface area contributed by atoms with Gasteiger partial charge in [0, 0.05) is 6.42 Å². The molecule has 0 aliphatic carbocycles. The number of amides is 1. The molecule has 0 unspecified atom stereocenters. The maximum atomic E-state index is 11.6. The Bertz CT molecular complexity index is 389.